The number of ether oxygens (including phenoxy) is 1. The van der Waals surface area contributed by atoms with Gasteiger partial charge in [-0.15, -0.1) is 0 Å². The quantitative estimate of drug-likeness (QED) is 0.673. The van der Waals surface area contributed by atoms with E-state index < -0.39 is 5.91 Å². The number of halogens is 1. The first-order chi connectivity index (χ1) is 9.97. The van der Waals surface area contributed by atoms with Crippen LogP contribution in [-0.2, 0) is 16.1 Å². The van der Waals surface area contributed by atoms with E-state index >= 15 is 0 Å². The molecule has 3 N–H and O–H groups in total. The second-order valence-electron chi connectivity index (χ2n) is 5.10. The van der Waals surface area contributed by atoms with Crippen molar-refractivity contribution < 1.29 is 13.9 Å². The Morgan fingerprint density at radius 1 is 1.48 bits per heavy atom. The summed E-state index contributed by atoms with van der Waals surface area (Å²) in [6.07, 6.45) is 0. The second-order valence-corrected chi connectivity index (χ2v) is 5.10. The summed E-state index contributed by atoms with van der Waals surface area (Å²) in [6.45, 7) is 5.49. The third-order valence-corrected chi connectivity index (χ3v) is 3.14. The SMILES string of the molecule is COCCNCc1c(F)cccc1N(CC(N)=O)C(C)C. The molecule has 21 heavy (non-hydrogen) atoms. The number of nitrogens with zero attached hydrogens (tertiary/aromatic N) is 1. The van der Waals surface area contributed by atoms with Crippen molar-refractivity contribution in [3.8, 4) is 0 Å². The molecule has 0 heterocycles. The standard InChI is InChI=1S/C15H24FN3O2/c1-11(2)19(10-15(17)20)14-6-4-5-13(16)12(14)9-18-7-8-21-3/h4-6,11,18H,7-10H2,1-3H3,(H2,17,20). The minimum Gasteiger partial charge on any atom is -0.383 e. The molecule has 1 aromatic rings. The highest BCUT2D eigenvalue weighted by atomic mass is 19.1. The van der Waals surface area contributed by atoms with E-state index in [1.165, 1.54) is 6.07 Å². The number of carbonyl (C=O) groups excluding carboxylic acids is 1. The van der Waals surface area contributed by atoms with E-state index in [0.717, 1.165) is 0 Å². The van der Waals surface area contributed by atoms with E-state index in [1.807, 2.05) is 13.8 Å². The zero-order valence-electron chi connectivity index (χ0n) is 12.9. The van der Waals surface area contributed by atoms with Gasteiger partial charge in [-0.25, -0.2) is 4.39 Å². The molecule has 0 aliphatic carbocycles. The molecule has 0 saturated heterocycles. The molecular formula is C15H24FN3O2. The third-order valence-electron chi connectivity index (χ3n) is 3.14. The van der Waals surface area contributed by atoms with Crippen LogP contribution in [0.25, 0.3) is 0 Å². The highest BCUT2D eigenvalue weighted by molar-refractivity contribution is 5.80. The normalized spacial score (nSPS) is 10.9. The summed E-state index contributed by atoms with van der Waals surface area (Å²) in [5.41, 5.74) is 6.51. The predicted molar refractivity (Wildman–Crippen MR) is 81.7 cm³/mol. The number of anilines is 1. The molecule has 0 aliphatic heterocycles. The van der Waals surface area contributed by atoms with Crippen LogP contribution in [0.5, 0.6) is 0 Å². The summed E-state index contributed by atoms with van der Waals surface area (Å²) < 4.78 is 19.1. The molecule has 0 aromatic heterocycles. The first-order valence-corrected chi connectivity index (χ1v) is 6.99. The Bertz CT molecular complexity index is 466. The van der Waals surface area contributed by atoms with Crippen LogP contribution in [0.2, 0.25) is 0 Å². The molecule has 0 saturated carbocycles. The number of hydrogen-bond acceptors (Lipinski definition) is 4. The maximum absolute atomic E-state index is 14.1. The first-order valence-electron chi connectivity index (χ1n) is 6.99. The van der Waals surface area contributed by atoms with Gasteiger partial charge in [0, 0.05) is 37.5 Å². The van der Waals surface area contributed by atoms with Gasteiger partial charge in [0.25, 0.3) is 0 Å². The summed E-state index contributed by atoms with van der Waals surface area (Å²) >= 11 is 0. The van der Waals surface area contributed by atoms with Gasteiger partial charge in [-0.3, -0.25) is 4.79 Å². The molecular weight excluding hydrogens is 273 g/mol. The monoisotopic (exact) mass is 297 g/mol. The number of carbonyl (C=O) groups is 1. The summed E-state index contributed by atoms with van der Waals surface area (Å²) in [5.74, 6) is -0.737. The van der Waals surface area contributed by atoms with Crippen LogP contribution < -0.4 is 16.0 Å². The molecule has 1 aromatic carbocycles. The number of hydrogen-bond donors (Lipinski definition) is 2. The number of nitrogens with two attached hydrogens (primary N) is 1. The highest BCUT2D eigenvalue weighted by Gasteiger charge is 2.18. The lowest BCUT2D eigenvalue weighted by Crippen LogP contribution is -2.39. The largest absolute Gasteiger partial charge is 0.383 e. The minimum absolute atomic E-state index is 0.0389. The fourth-order valence-corrected chi connectivity index (χ4v) is 2.09. The summed E-state index contributed by atoms with van der Waals surface area (Å²) in [6, 6.07) is 4.90. The molecule has 0 aliphatic rings. The second kappa shape index (κ2) is 8.59. The fraction of sp³-hybridized carbons (Fsp3) is 0.533. The maximum Gasteiger partial charge on any atom is 0.236 e. The number of methoxy groups -OCH3 is 1. The molecule has 0 radical (unpaired) electrons. The molecule has 0 bridgehead atoms. The van der Waals surface area contributed by atoms with Crippen LogP contribution in [-0.4, -0.2) is 38.8 Å². The van der Waals surface area contributed by atoms with Crippen molar-refractivity contribution in [1.29, 1.82) is 0 Å². The smallest absolute Gasteiger partial charge is 0.236 e. The third kappa shape index (κ3) is 5.32. The molecule has 0 unspecified atom stereocenters. The number of primary amides is 1. The summed E-state index contributed by atoms with van der Waals surface area (Å²) in [5, 5.41) is 3.12. The van der Waals surface area contributed by atoms with Crippen LogP contribution >= 0.6 is 0 Å². The predicted octanol–water partition coefficient (Wildman–Crippen LogP) is 1.26. The van der Waals surface area contributed by atoms with Crippen LogP contribution in [0.1, 0.15) is 19.4 Å². The van der Waals surface area contributed by atoms with E-state index in [4.69, 9.17) is 10.5 Å². The van der Waals surface area contributed by atoms with Crippen LogP contribution in [0.3, 0.4) is 0 Å². The molecule has 5 nitrogen and oxygen atoms in total. The average Bonchev–Trinajstić information content (AvgIpc) is 2.42. The Kier molecular flexibility index (Phi) is 7.11. The van der Waals surface area contributed by atoms with Gasteiger partial charge in [0.15, 0.2) is 0 Å². The average molecular weight is 297 g/mol. The van der Waals surface area contributed by atoms with Gasteiger partial charge in [0.2, 0.25) is 5.91 Å². The number of amides is 1. The number of rotatable bonds is 9. The Balaban J connectivity index is 2.97. The zero-order chi connectivity index (χ0) is 15.8. The topological polar surface area (TPSA) is 67.6 Å². The number of benzene rings is 1. The lowest BCUT2D eigenvalue weighted by Gasteiger charge is -2.30. The zero-order valence-corrected chi connectivity index (χ0v) is 12.9. The van der Waals surface area contributed by atoms with Gasteiger partial charge in [-0.05, 0) is 26.0 Å². The lowest BCUT2D eigenvalue weighted by atomic mass is 10.1. The van der Waals surface area contributed by atoms with Crippen molar-refractivity contribution >= 4 is 11.6 Å². The highest BCUT2D eigenvalue weighted by Crippen LogP contribution is 2.25. The van der Waals surface area contributed by atoms with Crippen molar-refractivity contribution in [2.75, 3.05) is 31.7 Å². The van der Waals surface area contributed by atoms with Crippen LogP contribution in [0.15, 0.2) is 18.2 Å². The first kappa shape index (κ1) is 17.4. The molecule has 1 rings (SSSR count). The lowest BCUT2D eigenvalue weighted by molar-refractivity contribution is -0.116. The van der Waals surface area contributed by atoms with E-state index in [0.29, 0.717) is 30.9 Å². The van der Waals surface area contributed by atoms with E-state index in [-0.39, 0.29) is 18.4 Å². The fourth-order valence-electron chi connectivity index (χ4n) is 2.09. The van der Waals surface area contributed by atoms with Gasteiger partial charge >= 0.3 is 0 Å². The van der Waals surface area contributed by atoms with Gasteiger partial charge in [0.05, 0.1) is 13.2 Å². The van der Waals surface area contributed by atoms with Crippen molar-refractivity contribution in [2.45, 2.75) is 26.4 Å². The Morgan fingerprint density at radius 2 is 2.19 bits per heavy atom. The van der Waals surface area contributed by atoms with E-state index in [1.54, 1.807) is 24.1 Å². The summed E-state index contributed by atoms with van der Waals surface area (Å²) in [7, 11) is 1.61. The number of nitrogens with one attached hydrogen (secondary N) is 1. The van der Waals surface area contributed by atoms with Crippen molar-refractivity contribution in [3.63, 3.8) is 0 Å². The van der Waals surface area contributed by atoms with Crippen molar-refractivity contribution in [1.82, 2.24) is 5.32 Å². The van der Waals surface area contributed by atoms with Crippen LogP contribution in [0, 0.1) is 5.82 Å². The molecule has 0 fully saturated rings. The van der Waals surface area contributed by atoms with Gasteiger partial charge < -0.3 is 20.7 Å². The molecule has 0 atom stereocenters. The van der Waals surface area contributed by atoms with Crippen molar-refractivity contribution in [3.05, 3.63) is 29.6 Å². The molecule has 6 heteroatoms. The Hall–Kier alpha value is -1.66. The van der Waals surface area contributed by atoms with Crippen molar-refractivity contribution in [2.24, 2.45) is 5.73 Å². The van der Waals surface area contributed by atoms with E-state index in [9.17, 15) is 9.18 Å². The van der Waals surface area contributed by atoms with Gasteiger partial charge in [-0.1, -0.05) is 6.07 Å². The van der Waals surface area contributed by atoms with Gasteiger partial charge in [0.1, 0.15) is 5.82 Å². The molecule has 1 amide bonds. The Labute approximate surface area is 125 Å². The maximum atomic E-state index is 14.1. The van der Waals surface area contributed by atoms with E-state index in [2.05, 4.69) is 5.32 Å². The van der Waals surface area contributed by atoms with Crippen LogP contribution in [0.4, 0.5) is 10.1 Å². The Morgan fingerprint density at radius 3 is 2.76 bits per heavy atom. The van der Waals surface area contributed by atoms with Gasteiger partial charge in [-0.2, -0.15) is 0 Å². The summed E-state index contributed by atoms with van der Waals surface area (Å²) in [4.78, 5) is 13.0. The minimum atomic E-state index is -0.439. The molecule has 0 spiro atoms. The molecule has 118 valence electrons.